The van der Waals surface area contributed by atoms with Gasteiger partial charge in [-0.2, -0.15) is 0 Å². The van der Waals surface area contributed by atoms with Crippen molar-refractivity contribution in [2.45, 2.75) is 20.5 Å². The molecule has 2 aromatic rings. The molecule has 0 amide bonds. The smallest absolute Gasteiger partial charge is 0.310 e. The van der Waals surface area contributed by atoms with E-state index >= 15 is 0 Å². The molecule has 130 valence electrons. The Morgan fingerprint density at radius 1 is 1.00 bits per heavy atom. The number of esters is 1. The summed E-state index contributed by atoms with van der Waals surface area (Å²) in [6, 6.07) is 16.7. The summed E-state index contributed by atoms with van der Waals surface area (Å²) in [7, 11) is 0. The molecule has 5 nitrogen and oxygen atoms in total. The molecule has 1 saturated carbocycles. The van der Waals surface area contributed by atoms with Crippen molar-refractivity contribution in [1.82, 2.24) is 0 Å². The number of carboxylic acids is 1. The first-order valence-electron chi connectivity index (χ1n) is 8.11. The van der Waals surface area contributed by atoms with E-state index in [0.29, 0.717) is 5.75 Å². The van der Waals surface area contributed by atoms with E-state index in [1.54, 1.807) is 19.9 Å². The molecule has 1 N–H and O–H groups in total. The number of benzene rings is 2. The second kappa shape index (κ2) is 6.59. The largest absolute Gasteiger partial charge is 0.481 e. The molecule has 0 radical (unpaired) electrons. The minimum atomic E-state index is -0.954. The fraction of sp³-hybridized carbons (Fsp3) is 0.300. The zero-order chi connectivity index (χ0) is 18.0. The van der Waals surface area contributed by atoms with Crippen molar-refractivity contribution in [2.75, 3.05) is 0 Å². The number of para-hydroxylation sites is 1. The highest BCUT2D eigenvalue weighted by Crippen LogP contribution is 2.58. The summed E-state index contributed by atoms with van der Waals surface area (Å²) in [6.45, 7) is 3.63. The van der Waals surface area contributed by atoms with E-state index in [1.165, 1.54) is 0 Å². The third-order valence-electron chi connectivity index (χ3n) is 4.61. The highest BCUT2D eigenvalue weighted by atomic mass is 16.5. The Hall–Kier alpha value is -2.82. The van der Waals surface area contributed by atoms with E-state index in [-0.39, 0.29) is 6.61 Å². The molecule has 1 fully saturated rings. The molecule has 5 heteroatoms. The molecule has 25 heavy (non-hydrogen) atoms. The first kappa shape index (κ1) is 17.0. The van der Waals surface area contributed by atoms with Crippen LogP contribution < -0.4 is 4.74 Å². The van der Waals surface area contributed by atoms with Gasteiger partial charge in [-0.3, -0.25) is 9.59 Å². The second-order valence-corrected chi connectivity index (χ2v) is 6.79. The summed E-state index contributed by atoms with van der Waals surface area (Å²) in [5.74, 6) is -1.31. The number of carbonyl (C=O) groups is 2. The third kappa shape index (κ3) is 3.65. The molecule has 0 bridgehead atoms. The number of carboxylic acid groups (broad SMARTS) is 1. The zero-order valence-electron chi connectivity index (χ0n) is 14.1. The number of ether oxygens (including phenoxy) is 2. The first-order valence-corrected chi connectivity index (χ1v) is 8.11. The maximum Gasteiger partial charge on any atom is 0.310 e. The Labute approximate surface area is 146 Å². The van der Waals surface area contributed by atoms with E-state index in [1.807, 2.05) is 48.5 Å². The average Bonchev–Trinajstić information content (AvgIpc) is 3.17. The summed E-state index contributed by atoms with van der Waals surface area (Å²) in [5.41, 5.74) is 0.230. The van der Waals surface area contributed by atoms with Crippen LogP contribution in [0.25, 0.3) is 0 Å². The van der Waals surface area contributed by atoms with Crippen LogP contribution in [0, 0.1) is 17.3 Å². The lowest BCUT2D eigenvalue weighted by Crippen LogP contribution is -2.11. The molecule has 3 rings (SSSR count). The van der Waals surface area contributed by atoms with Crippen LogP contribution in [-0.4, -0.2) is 17.0 Å². The number of hydrogen-bond acceptors (Lipinski definition) is 4. The molecule has 2 aromatic carbocycles. The van der Waals surface area contributed by atoms with Crippen molar-refractivity contribution in [3.63, 3.8) is 0 Å². The predicted molar refractivity (Wildman–Crippen MR) is 91.2 cm³/mol. The van der Waals surface area contributed by atoms with Crippen LogP contribution in [0.5, 0.6) is 11.5 Å². The lowest BCUT2D eigenvalue weighted by Gasteiger charge is -2.09. The topological polar surface area (TPSA) is 72.8 Å². The summed E-state index contributed by atoms with van der Waals surface area (Å²) >= 11 is 0. The van der Waals surface area contributed by atoms with Crippen molar-refractivity contribution in [1.29, 1.82) is 0 Å². The summed E-state index contributed by atoms with van der Waals surface area (Å²) < 4.78 is 11.1. The predicted octanol–water partition coefficient (Wildman–Crippen LogP) is 3.88. The van der Waals surface area contributed by atoms with Gasteiger partial charge in [0.2, 0.25) is 0 Å². The molecule has 0 aliphatic heterocycles. The van der Waals surface area contributed by atoms with Crippen molar-refractivity contribution in [2.24, 2.45) is 17.3 Å². The standard InChI is InChI=1S/C20H20O5/c1-20(2)16(18(21)22)17(20)19(23)24-12-13-7-6-10-15(11-13)25-14-8-4-3-5-9-14/h3-11,16-17H,12H2,1-2H3,(H,21,22). The zero-order valence-corrected chi connectivity index (χ0v) is 14.1. The maximum atomic E-state index is 12.2. The Kier molecular flexibility index (Phi) is 4.49. The van der Waals surface area contributed by atoms with Crippen molar-refractivity contribution >= 4 is 11.9 Å². The minimum Gasteiger partial charge on any atom is -0.481 e. The van der Waals surface area contributed by atoms with E-state index in [0.717, 1.165) is 11.3 Å². The second-order valence-electron chi connectivity index (χ2n) is 6.79. The quantitative estimate of drug-likeness (QED) is 0.808. The molecule has 1 aliphatic carbocycles. The van der Waals surface area contributed by atoms with Crippen molar-refractivity contribution < 1.29 is 24.2 Å². The summed E-state index contributed by atoms with van der Waals surface area (Å²) in [4.78, 5) is 23.3. The summed E-state index contributed by atoms with van der Waals surface area (Å²) in [6.07, 6.45) is 0. The Balaban J connectivity index is 1.60. The molecular weight excluding hydrogens is 320 g/mol. The Morgan fingerprint density at radius 2 is 1.68 bits per heavy atom. The first-order chi connectivity index (χ1) is 11.9. The van der Waals surface area contributed by atoms with E-state index in [2.05, 4.69) is 0 Å². The highest BCUT2D eigenvalue weighted by Gasteiger charge is 2.66. The fourth-order valence-corrected chi connectivity index (χ4v) is 3.11. The SMILES string of the molecule is CC1(C)C(C(=O)O)C1C(=O)OCc1cccc(Oc2ccccc2)c1. The van der Waals surface area contributed by atoms with Gasteiger partial charge in [-0.1, -0.05) is 44.2 Å². The lowest BCUT2D eigenvalue weighted by atomic mass is 10.1. The Morgan fingerprint density at radius 3 is 2.32 bits per heavy atom. The van der Waals surface area contributed by atoms with Gasteiger partial charge >= 0.3 is 11.9 Å². The van der Waals surface area contributed by atoms with E-state index in [9.17, 15) is 9.59 Å². The molecule has 2 atom stereocenters. The fourth-order valence-electron chi connectivity index (χ4n) is 3.11. The molecule has 2 unspecified atom stereocenters. The van der Waals surface area contributed by atoms with Crippen LogP contribution in [0.4, 0.5) is 0 Å². The van der Waals surface area contributed by atoms with Crippen LogP contribution in [0.1, 0.15) is 19.4 Å². The number of rotatable bonds is 6. The van der Waals surface area contributed by atoms with Gasteiger partial charge in [-0.25, -0.2) is 0 Å². The average molecular weight is 340 g/mol. The lowest BCUT2D eigenvalue weighted by molar-refractivity contribution is -0.150. The Bertz CT molecular complexity index is 782. The van der Waals surface area contributed by atoms with Crippen LogP contribution in [0.15, 0.2) is 54.6 Å². The van der Waals surface area contributed by atoms with Gasteiger partial charge in [0.25, 0.3) is 0 Å². The van der Waals surface area contributed by atoms with Gasteiger partial charge in [0.05, 0.1) is 11.8 Å². The molecule has 0 aromatic heterocycles. The van der Waals surface area contributed by atoms with Crippen LogP contribution in [-0.2, 0) is 20.9 Å². The van der Waals surface area contributed by atoms with Crippen molar-refractivity contribution in [3.05, 3.63) is 60.2 Å². The normalized spacial score (nSPS) is 20.6. The van der Waals surface area contributed by atoms with Crippen LogP contribution in [0.3, 0.4) is 0 Å². The molecule has 0 saturated heterocycles. The van der Waals surface area contributed by atoms with Gasteiger partial charge < -0.3 is 14.6 Å². The molecule has 0 heterocycles. The maximum absolute atomic E-state index is 12.2. The molecular formula is C20H20O5. The third-order valence-corrected chi connectivity index (χ3v) is 4.61. The monoisotopic (exact) mass is 340 g/mol. The number of aliphatic carboxylic acids is 1. The van der Waals surface area contributed by atoms with Crippen LogP contribution in [0.2, 0.25) is 0 Å². The van der Waals surface area contributed by atoms with Gasteiger partial charge in [-0.05, 0) is 35.2 Å². The van der Waals surface area contributed by atoms with Gasteiger partial charge in [-0.15, -0.1) is 0 Å². The van der Waals surface area contributed by atoms with Crippen LogP contribution >= 0.6 is 0 Å². The highest BCUT2D eigenvalue weighted by molar-refractivity contribution is 5.88. The molecule has 1 aliphatic rings. The van der Waals surface area contributed by atoms with Gasteiger partial charge in [0.1, 0.15) is 18.1 Å². The van der Waals surface area contributed by atoms with Gasteiger partial charge in [0, 0.05) is 0 Å². The molecule has 0 spiro atoms. The minimum absolute atomic E-state index is 0.0870. The van der Waals surface area contributed by atoms with Crippen molar-refractivity contribution in [3.8, 4) is 11.5 Å². The van der Waals surface area contributed by atoms with E-state index in [4.69, 9.17) is 14.6 Å². The van der Waals surface area contributed by atoms with E-state index < -0.39 is 29.2 Å². The summed E-state index contributed by atoms with van der Waals surface area (Å²) in [5, 5.41) is 9.15. The number of carbonyl (C=O) groups excluding carboxylic acids is 1. The van der Waals surface area contributed by atoms with Gasteiger partial charge in [0.15, 0.2) is 0 Å². The number of hydrogen-bond donors (Lipinski definition) is 1.